The number of rotatable bonds is 3. The Morgan fingerprint density at radius 1 is 1.11 bits per heavy atom. The van der Waals surface area contributed by atoms with Gasteiger partial charge >= 0.3 is 0 Å². The molecule has 2 N–H and O–H groups in total. The van der Waals surface area contributed by atoms with Crippen molar-refractivity contribution in [3.8, 4) is 5.75 Å². The van der Waals surface area contributed by atoms with Crippen LogP contribution in [-0.4, -0.2) is 11.0 Å². The highest BCUT2D eigenvalue weighted by Gasteiger charge is 2.07. The van der Waals surface area contributed by atoms with Crippen LogP contribution in [-0.2, 0) is 11.2 Å². The molecule has 2 aromatic rings. The molecule has 0 heterocycles. The molecule has 0 saturated carbocycles. The fourth-order valence-corrected chi connectivity index (χ4v) is 1.93. The van der Waals surface area contributed by atoms with Crippen molar-refractivity contribution < 1.29 is 9.90 Å². The number of hydrogen-bond donors (Lipinski definition) is 2. The lowest BCUT2D eigenvalue weighted by atomic mass is 10.1. The van der Waals surface area contributed by atoms with E-state index < -0.39 is 0 Å². The lowest BCUT2D eigenvalue weighted by Crippen LogP contribution is -2.14. The number of amides is 1. The zero-order valence-electron chi connectivity index (χ0n) is 9.56. The number of carbonyl (C=O) groups is 1. The molecule has 0 fully saturated rings. The SMILES string of the molecule is O=C(Cc1ccccc1O)Nc1ccc(I)cc1. The van der Waals surface area contributed by atoms with Gasteiger partial charge in [0.05, 0.1) is 6.42 Å². The first-order chi connectivity index (χ1) is 8.65. The van der Waals surface area contributed by atoms with Gasteiger partial charge in [-0.2, -0.15) is 0 Å². The van der Waals surface area contributed by atoms with E-state index in [0.717, 1.165) is 9.26 Å². The molecule has 0 radical (unpaired) electrons. The molecule has 0 aliphatic rings. The normalized spacial score (nSPS) is 10.1. The average molecular weight is 353 g/mol. The van der Waals surface area contributed by atoms with E-state index in [1.54, 1.807) is 24.3 Å². The van der Waals surface area contributed by atoms with E-state index in [1.165, 1.54) is 0 Å². The van der Waals surface area contributed by atoms with Gasteiger partial charge in [0.25, 0.3) is 0 Å². The summed E-state index contributed by atoms with van der Waals surface area (Å²) in [5.74, 6) is 0.00738. The zero-order valence-corrected chi connectivity index (χ0v) is 11.7. The van der Waals surface area contributed by atoms with E-state index in [2.05, 4.69) is 27.9 Å². The fraction of sp³-hybridized carbons (Fsp3) is 0.0714. The van der Waals surface area contributed by atoms with Crippen LogP contribution in [0.1, 0.15) is 5.56 Å². The van der Waals surface area contributed by atoms with Gasteiger partial charge in [-0.1, -0.05) is 18.2 Å². The number of carbonyl (C=O) groups excluding carboxylic acids is 1. The van der Waals surface area contributed by atoms with Crippen molar-refractivity contribution in [3.05, 3.63) is 57.7 Å². The van der Waals surface area contributed by atoms with Gasteiger partial charge in [0.15, 0.2) is 0 Å². The van der Waals surface area contributed by atoms with Crippen LogP contribution in [0.5, 0.6) is 5.75 Å². The van der Waals surface area contributed by atoms with E-state index in [9.17, 15) is 9.90 Å². The first-order valence-electron chi connectivity index (χ1n) is 5.47. The Balaban J connectivity index is 2.01. The van der Waals surface area contributed by atoms with Gasteiger partial charge in [0.2, 0.25) is 5.91 Å². The van der Waals surface area contributed by atoms with Crippen LogP contribution in [0.4, 0.5) is 5.69 Å². The van der Waals surface area contributed by atoms with E-state index in [-0.39, 0.29) is 18.1 Å². The topological polar surface area (TPSA) is 49.3 Å². The molecule has 92 valence electrons. The summed E-state index contributed by atoms with van der Waals surface area (Å²) in [5, 5.41) is 12.4. The Kier molecular flexibility index (Phi) is 4.19. The van der Waals surface area contributed by atoms with E-state index >= 15 is 0 Å². The summed E-state index contributed by atoms with van der Waals surface area (Å²) in [4.78, 5) is 11.8. The predicted octanol–water partition coefficient (Wildman–Crippen LogP) is 3.18. The molecular weight excluding hydrogens is 341 g/mol. The molecule has 0 aromatic heterocycles. The number of phenolic OH excluding ortho intramolecular Hbond substituents is 1. The molecule has 0 atom stereocenters. The Morgan fingerprint density at radius 3 is 2.44 bits per heavy atom. The minimum Gasteiger partial charge on any atom is -0.508 e. The van der Waals surface area contributed by atoms with Crippen LogP contribution in [0.15, 0.2) is 48.5 Å². The summed E-state index contributed by atoms with van der Waals surface area (Å²) in [7, 11) is 0. The molecular formula is C14H12INO2. The molecule has 3 nitrogen and oxygen atoms in total. The number of phenols is 1. The number of hydrogen-bond acceptors (Lipinski definition) is 2. The lowest BCUT2D eigenvalue weighted by molar-refractivity contribution is -0.115. The summed E-state index contributed by atoms with van der Waals surface area (Å²) < 4.78 is 1.12. The van der Waals surface area contributed by atoms with Gasteiger partial charge in [-0.3, -0.25) is 4.79 Å². The number of anilines is 1. The van der Waals surface area contributed by atoms with Gasteiger partial charge in [0.1, 0.15) is 5.75 Å². The van der Waals surface area contributed by atoms with Crippen LogP contribution >= 0.6 is 22.6 Å². The van der Waals surface area contributed by atoms with Crippen molar-refractivity contribution in [2.24, 2.45) is 0 Å². The van der Waals surface area contributed by atoms with Crippen molar-refractivity contribution in [1.82, 2.24) is 0 Å². The van der Waals surface area contributed by atoms with Crippen LogP contribution in [0.2, 0.25) is 0 Å². The molecule has 0 aliphatic carbocycles. The fourth-order valence-electron chi connectivity index (χ4n) is 1.57. The summed E-state index contributed by atoms with van der Waals surface area (Å²) in [6.45, 7) is 0. The lowest BCUT2D eigenvalue weighted by Gasteiger charge is -2.06. The van der Waals surface area contributed by atoms with Gasteiger partial charge < -0.3 is 10.4 Å². The third kappa shape index (κ3) is 3.46. The smallest absolute Gasteiger partial charge is 0.228 e. The molecule has 18 heavy (non-hydrogen) atoms. The first-order valence-corrected chi connectivity index (χ1v) is 6.55. The second kappa shape index (κ2) is 5.86. The van der Waals surface area contributed by atoms with Crippen molar-refractivity contribution in [3.63, 3.8) is 0 Å². The standard InChI is InChI=1S/C14H12INO2/c15-11-5-7-12(8-6-11)16-14(18)9-10-3-1-2-4-13(10)17/h1-8,17H,9H2,(H,16,18). The number of aromatic hydroxyl groups is 1. The van der Waals surface area contributed by atoms with Gasteiger partial charge in [0, 0.05) is 14.8 Å². The molecule has 0 saturated heterocycles. The molecule has 2 aromatic carbocycles. The average Bonchev–Trinajstić information content (AvgIpc) is 2.35. The maximum absolute atomic E-state index is 11.8. The second-order valence-corrected chi connectivity index (χ2v) is 5.11. The third-order valence-electron chi connectivity index (χ3n) is 2.47. The Bertz CT molecular complexity index is 552. The van der Waals surface area contributed by atoms with Crippen LogP contribution in [0.25, 0.3) is 0 Å². The molecule has 1 amide bonds. The molecule has 2 rings (SSSR count). The molecule has 0 unspecified atom stereocenters. The first kappa shape index (κ1) is 12.9. The Morgan fingerprint density at radius 2 is 1.78 bits per heavy atom. The Labute approximate surface area is 119 Å². The van der Waals surface area contributed by atoms with Crippen molar-refractivity contribution in [2.75, 3.05) is 5.32 Å². The second-order valence-electron chi connectivity index (χ2n) is 3.86. The van der Waals surface area contributed by atoms with Gasteiger partial charge in [-0.25, -0.2) is 0 Å². The number of nitrogens with one attached hydrogen (secondary N) is 1. The quantitative estimate of drug-likeness (QED) is 0.833. The minimum atomic E-state index is -0.141. The summed E-state index contributed by atoms with van der Waals surface area (Å²) in [6, 6.07) is 14.4. The largest absolute Gasteiger partial charge is 0.508 e. The van der Waals surface area contributed by atoms with Crippen molar-refractivity contribution >= 4 is 34.2 Å². The van der Waals surface area contributed by atoms with Gasteiger partial charge in [-0.15, -0.1) is 0 Å². The summed E-state index contributed by atoms with van der Waals surface area (Å²) in [5.41, 5.74) is 1.39. The summed E-state index contributed by atoms with van der Waals surface area (Å²) in [6.07, 6.45) is 0.165. The van der Waals surface area contributed by atoms with E-state index in [4.69, 9.17) is 0 Å². The highest BCUT2D eigenvalue weighted by Crippen LogP contribution is 2.17. The third-order valence-corrected chi connectivity index (χ3v) is 3.19. The minimum absolute atomic E-state index is 0.141. The maximum atomic E-state index is 11.8. The number of para-hydroxylation sites is 1. The number of benzene rings is 2. The predicted molar refractivity (Wildman–Crippen MR) is 79.6 cm³/mol. The van der Waals surface area contributed by atoms with Gasteiger partial charge in [-0.05, 0) is 52.9 Å². The monoisotopic (exact) mass is 353 g/mol. The molecule has 0 bridgehead atoms. The van der Waals surface area contributed by atoms with Crippen molar-refractivity contribution in [2.45, 2.75) is 6.42 Å². The molecule has 0 spiro atoms. The maximum Gasteiger partial charge on any atom is 0.228 e. The summed E-state index contributed by atoms with van der Waals surface area (Å²) >= 11 is 2.21. The van der Waals surface area contributed by atoms with Crippen LogP contribution in [0, 0.1) is 3.57 Å². The number of halogens is 1. The zero-order chi connectivity index (χ0) is 13.0. The Hall–Kier alpha value is -1.56. The van der Waals surface area contributed by atoms with E-state index in [1.807, 2.05) is 24.3 Å². The highest BCUT2D eigenvalue weighted by atomic mass is 127. The van der Waals surface area contributed by atoms with Crippen LogP contribution in [0.3, 0.4) is 0 Å². The highest BCUT2D eigenvalue weighted by molar-refractivity contribution is 14.1. The van der Waals surface area contributed by atoms with Crippen molar-refractivity contribution in [1.29, 1.82) is 0 Å². The molecule has 4 heteroatoms. The molecule has 0 aliphatic heterocycles. The van der Waals surface area contributed by atoms with Crippen LogP contribution < -0.4 is 5.32 Å². The van der Waals surface area contributed by atoms with E-state index in [0.29, 0.717) is 5.56 Å².